The van der Waals surface area contributed by atoms with Crippen molar-refractivity contribution in [1.29, 1.82) is 0 Å². The van der Waals surface area contributed by atoms with E-state index < -0.39 is 17.4 Å². The van der Waals surface area contributed by atoms with Crippen LogP contribution in [0.1, 0.15) is 20.3 Å². The molecule has 0 aromatic rings. The molecule has 16 heavy (non-hydrogen) atoms. The molecule has 3 atom stereocenters. The fourth-order valence-electron chi connectivity index (χ4n) is 2.60. The lowest BCUT2D eigenvalue weighted by molar-refractivity contribution is -0.166. The summed E-state index contributed by atoms with van der Waals surface area (Å²) in [7, 11) is 0. The molecule has 1 unspecified atom stereocenters. The number of carbonyl (C=O) groups is 2. The third-order valence-electron chi connectivity index (χ3n) is 3.55. The van der Waals surface area contributed by atoms with Crippen molar-refractivity contribution in [2.24, 2.45) is 17.3 Å². The van der Waals surface area contributed by atoms with Crippen LogP contribution < -0.4 is 0 Å². The zero-order valence-corrected chi connectivity index (χ0v) is 9.56. The Bertz CT molecular complexity index is 347. The summed E-state index contributed by atoms with van der Waals surface area (Å²) >= 11 is 0. The molecule has 0 saturated carbocycles. The van der Waals surface area contributed by atoms with Gasteiger partial charge in [0.1, 0.15) is 0 Å². The maximum Gasteiger partial charge on any atom is 0.324 e. The average molecular weight is 224 g/mol. The van der Waals surface area contributed by atoms with Gasteiger partial charge in [0.15, 0.2) is 5.41 Å². The minimum atomic E-state index is -1.08. The smallest absolute Gasteiger partial charge is 0.324 e. The van der Waals surface area contributed by atoms with Crippen molar-refractivity contribution in [3.8, 4) is 0 Å². The van der Waals surface area contributed by atoms with Crippen molar-refractivity contribution >= 4 is 11.9 Å². The number of esters is 2. The van der Waals surface area contributed by atoms with Gasteiger partial charge in [-0.3, -0.25) is 9.59 Å². The number of allylic oxidation sites excluding steroid dienone is 2. The predicted molar refractivity (Wildman–Crippen MR) is 56.4 cm³/mol. The van der Waals surface area contributed by atoms with Gasteiger partial charge in [-0.15, -0.1) is 0 Å². The molecule has 1 fully saturated rings. The summed E-state index contributed by atoms with van der Waals surface area (Å²) in [6, 6.07) is 0. The molecular formula is C12H16O4. The van der Waals surface area contributed by atoms with E-state index in [0.717, 1.165) is 0 Å². The first kappa shape index (κ1) is 11.2. The number of ether oxygens (including phenoxy) is 2. The molecule has 0 aromatic heterocycles. The van der Waals surface area contributed by atoms with Crippen LogP contribution in [0.3, 0.4) is 0 Å². The first-order chi connectivity index (χ1) is 7.63. The van der Waals surface area contributed by atoms with Crippen LogP contribution in [0.15, 0.2) is 12.2 Å². The molecule has 0 aromatic carbocycles. The third kappa shape index (κ3) is 1.36. The second-order valence-corrected chi connectivity index (χ2v) is 4.39. The van der Waals surface area contributed by atoms with Gasteiger partial charge < -0.3 is 9.47 Å². The molecule has 4 nitrogen and oxygen atoms in total. The van der Waals surface area contributed by atoms with E-state index in [-0.39, 0.29) is 11.8 Å². The van der Waals surface area contributed by atoms with Crippen LogP contribution in [0.5, 0.6) is 0 Å². The summed E-state index contributed by atoms with van der Waals surface area (Å²) in [6.07, 6.45) is 4.31. The van der Waals surface area contributed by atoms with E-state index in [1.165, 1.54) is 0 Å². The van der Waals surface area contributed by atoms with E-state index in [0.29, 0.717) is 19.6 Å². The fraction of sp³-hybridized carbons (Fsp3) is 0.667. The van der Waals surface area contributed by atoms with Gasteiger partial charge in [0.25, 0.3) is 0 Å². The van der Waals surface area contributed by atoms with Crippen LogP contribution in [0.25, 0.3) is 0 Å². The molecule has 4 heteroatoms. The van der Waals surface area contributed by atoms with Crippen LogP contribution >= 0.6 is 0 Å². The van der Waals surface area contributed by atoms with Crippen LogP contribution in [-0.2, 0) is 19.1 Å². The first-order valence-corrected chi connectivity index (χ1v) is 5.64. The summed E-state index contributed by atoms with van der Waals surface area (Å²) in [6.45, 7) is 4.35. The van der Waals surface area contributed by atoms with E-state index in [1.54, 1.807) is 6.92 Å². The summed E-state index contributed by atoms with van der Waals surface area (Å²) in [4.78, 5) is 23.8. The Morgan fingerprint density at radius 2 is 2.44 bits per heavy atom. The van der Waals surface area contributed by atoms with Crippen LogP contribution in [0.4, 0.5) is 0 Å². The Kier molecular flexibility index (Phi) is 2.74. The Labute approximate surface area is 94.6 Å². The van der Waals surface area contributed by atoms with E-state index in [2.05, 4.69) is 0 Å². The predicted octanol–water partition coefficient (Wildman–Crippen LogP) is 1.30. The van der Waals surface area contributed by atoms with E-state index >= 15 is 0 Å². The SMILES string of the molecule is CCOC(=O)[C@@]12CC=CC(C)[C@H]1COC2=O. The molecule has 1 heterocycles. The number of carbonyl (C=O) groups excluding carboxylic acids is 2. The summed E-state index contributed by atoms with van der Waals surface area (Å²) in [5.41, 5.74) is -1.08. The van der Waals surface area contributed by atoms with Crippen LogP contribution in [0, 0.1) is 17.3 Å². The highest BCUT2D eigenvalue weighted by atomic mass is 16.6. The van der Waals surface area contributed by atoms with Crippen molar-refractivity contribution in [3.05, 3.63) is 12.2 Å². The van der Waals surface area contributed by atoms with Crippen molar-refractivity contribution < 1.29 is 19.1 Å². The lowest BCUT2D eigenvalue weighted by Gasteiger charge is -2.33. The molecule has 0 amide bonds. The van der Waals surface area contributed by atoms with Crippen molar-refractivity contribution in [3.63, 3.8) is 0 Å². The molecule has 1 aliphatic carbocycles. The van der Waals surface area contributed by atoms with Gasteiger partial charge in [0.2, 0.25) is 0 Å². The summed E-state index contributed by atoms with van der Waals surface area (Å²) in [5, 5.41) is 0. The summed E-state index contributed by atoms with van der Waals surface area (Å²) in [5.74, 6) is -0.764. The molecule has 88 valence electrons. The highest BCUT2D eigenvalue weighted by Crippen LogP contribution is 2.47. The highest BCUT2D eigenvalue weighted by molar-refractivity contribution is 6.02. The molecule has 0 radical (unpaired) electrons. The largest absolute Gasteiger partial charge is 0.465 e. The lowest BCUT2D eigenvalue weighted by atomic mass is 9.66. The molecule has 1 aliphatic heterocycles. The zero-order valence-electron chi connectivity index (χ0n) is 9.56. The second kappa shape index (κ2) is 3.92. The van der Waals surface area contributed by atoms with Gasteiger partial charge in [-0.05, 0) is 19.3 Å². The first-order valence-electron chi connectivity index (χ1n) is 5.64. The Balaban J connectivity index is 2.36. The van der Waals surface area contributed by atoms with Crippen LogP contribution in [-0.4, -0.2) is 25.2 Å². The van der Waals surface area contributed by atoms with Crippen molar-refractivity contribution in [1.82, 2.24) is 0 Å². The topological polar surface area (TPSA) is 52.6 Å². The normalized spacial score (nSPS) is 36.8. The number of fused-ring (bicyclic) bond motifs is 1. The number of cyclic esters (lactones) is 1. The van der Waals surface area contributed by atoms with Gasteiger partial charge in [-0.2, -0.15) is 0 Å². The van der Waals surface area contributed by atoms with Gasteiger partial charge in [-0.1, -0.05) is 19.1 Å². The molecule has 2 aliphatic rings. The lowest BCUT2D eigenvalue weighted by Crippen LogP contribution is -2.45. The Hall–Kier alpha value is -1.32. The minimum absolute atomic E-state index is 0.0796. The van der Waals surface area contributed by atoms with Gasteiger partial charge >= 0.3 is 11.9 Å². The molecule has 2 rings (SSSR count). The van der Waals surface area contributed by atoms with Gasteiger partial charge in [0.05, 0.1) is 13.2 Å². The quantitative estimate of drug-likeness (QED) is 0.403. The third-order valence-corrected chi connectivity index (χ3v) is 3.55. The molecule has 0 spiro atoms. The van der Waals surface area contributed by atoms with Gasteiger partial charge in [-0.25, -0.2) is 0 Å². The minimum Gasteiger partial charge on any atom is -0.465 e. The average Bonchev–Trinajstić information content (AvgIpc) is 2.60. The Morgan fingerprint density at radius 1 is 1.69 bits per heavy atom. The fourth-order valence-corrected chi connectivity index (χ4v) is 2.60. The highest BCUT2D eigenvalue weighted by Gasteiger charge is 2.60. The maximum absolute atomic E-state index is 12.0. The molecule has 1 saturated heterocycles. The number of hydrogen-bond donors (Lipinski definition) is 0. The molecule has 0 N–H and O–H groups in total. The van der Waals surface area contributed by atoms with E-state index in [9.17, 15) is 9.59 Å². The second-order valence-electron chi connectivity index (χ2n) is 4.39. The zero-order chi connectivity index (χ0) is 11.8. The van der Waals surface area contributed by atoms with Crippen molar-refractivity contribution in [2.45, 2.75) is 20.3 Å². The van der Waals surface area contributed by atoms with E-state index in [1.807, 2.05) is 19.1 Å². The number of rotatable bonds is 2. The molecular weight excluding hydrogens is 208 g/mol. The molecule has 0 bridgehead atoms. The summed E-state index contributed by atoms with van der Waals surface area (Å²) < 4.78 is 10.1. The Morgan fingerprint density at radius 3 is 3.12 bits per heavy atom. The maximum atomic E-state index is 12.0. The van der Waals surface area contributed by atoms with Gasteiger partial charge in [0, 0.05) is 5.92 Å². The number of hydrogen-bond acceptors (Lipinski definition) is 4. The monoisotopic (exact) mass is 224 g/mol. The van der Waals surface area contributed by atoms with E-state index in [4.69, 9.17) is 9.47 Å². The van der Waals surface area contributed by atoms with Crippen LogP contribution in [0.2, 0.25) is 0 Å². The standard InChI is InChI=1S/C12H16O4/c1-3-15-10(13)12-6-4-5-8(2)9(12)7-16-11(12)14/h4-5,8-9H,3,6-7H2,1-2H3/t8?,9-,12-/m1/s1. The van der Waals surface area contributed by atoms with Crippen molar-refractivity contribution in [2.75, 3.05) is 13.2 Å².